The highest BCUT2D eigenvalue weighted by Crippen LogP contribution is 2.15. The Labute approximate surface area is 135 Å². The topological polar surface area (TPSA) is 64.6 Å². The van der Waals surface area contributed by atoms with Crippen molar-refractivity contribution in [1.82, 2.24) is 5.32 Å². The Morgan fingerprint density at radius 2 is 1.87 bits per heavy atom. The van der Waals surface area contributed by atoms with E-state index >= 15 is 0 Å². The highest BCUT2D eigenvalue weighted by atomic mass is 16.5. The molecule has 0 aliphatic heterocycles. The fourth-order valence-corrected chi connectivity index (χ4v) is 2.02. The largest absolute Gasteiger partial charge is 0.489 e. The molecule has 0 atom stereocenters. The molecule has 5 heteroatoms. The van der Waals surface area contributed by atoms with Crippen LogP contribution in [-0.2, 0) is 16.1 Å². The van der Waals surface area contributed by atoms with Gasteiger partial charge in [0.15, 0.2) is 0 Å². The summed E-state index contributed by atoms with van der Waals surface area (Å²) in [5.74, 6) is -0.251. The smallest absolute Gasteiger partial charge is 0.325 e. The Hall–Kier alpha value is -2.82. The van der Waals surface area contributed by atoms with Gasteiger partial charge in [-0.2, -0.15) is 0 Å². The van der Waals surface area contributed by atoms with Crippen molar-refractivity contribution in [2.45, 2.75) is 13.5 Å². The van der Waals surface area contributed by atoms with Crippen molar-refractivity contribution in [2.75, 3.05) is 13.7 Å². The number of benzene rings is 2. The van der Waals surface area contributed by atoms with E-state index in [0.717, 1.165) is 5.56 Å². The molecule has 0 aliphatic rings. The molecular formula is C18H19NO4. The number of carbonyl (C=O) groups is 2. The van der Waals surface area contributed by atoms with Crippen LogP contribution in [0.15, 0.2) is 48.5 Å². The Morgan fingerprint density at radius 3 is 2.61 bits per heavy atom. The van der Waals surface area contributed by atoms with Gasteiger partial charge in [0.1, 0.15) is 18.9 Å². The van der Waals surface area contributed by atoms with Crippen LogP contribution >= 0.6 is 0 Å². The molecule has 2 aromatic rings. The molecule has 0 aliphatic carbocycles. The highest BCUT2D eigenvalue weighted by Gasteiger charge is 2.09. The van der Waals surface area contributed by atoms with Crippen molar-refractivity contribution in [3.63, 3.8) is 0 Å². The summed E-state index contributed by atoms with van der Waals surface area (Å²) in [6.45, 7) is 2.29. The third-order valence-corrected chi connectivity index (χ3v) is 3.21. The summed E-state index contributed by atoms with van der Waals surface area (Å²) in [6.07, 6.45) is 0. The van der Waals surface area contributed by atoms with Crippen molar-refractivity contribution in [3.05, 3.63) is 65.2 Å². The number of nitrogens with one attached hydrogen (secondary N) is 1. The van der Waals surface area contributed by atoms with Crippen LogP contribution in [0.3, 0.4) is 0 Å². The van der Waals surface area contributed by atoms with Gasteiger partial charge in [-0.1, -0.05) is 35.9 Å². The predicted molar refractivity (Wildman–Crippen MR) is 86.3 cm³/mol. The molecule has 1 N–H and O–H groups in total. The maximum Gasteiger partial charge on any atom is 0.325 e. The molecule has 0 saturated heterocycles. The summed E-state index contributed by atoms with van der Waals surface area (Å²) in [4.78, 5) is 23.0. The van der Waals surface area contributed by atoms with Gasteiger partial charge in [-0.05, 0) is 30.7 Å². The van der Waals surface area contributed by atoms with Crippen LogP contribution < -0.4 is 10.1 Å². The second kappa shape index (κ2) is 7.98. The number of methoxy groups -OCH3 is 1. The van der Waals surface area contributed by atoms with Crippen LogP contribution in [0.25, 0.3) is 0 Å². The number of hydrogen-bond acceptors (Lipinski definition) is 4. The van der Waals surface area contributed by atoms with E-state index in [1.54, 1.807) is 24.3 Å². The van der Waals surface area contributed by atoms with Gasteiger partial charge in [-0.3, -0.25) is 9.59 Å². The van der Waals surface area contributed by atoms with E-state index in [4.69, 9.17) is 4.74 Å². The molecule has 0 radical (unpaired) electrons. The van der Waals surface area contributed by atoms with Crippen LogP contribution in [0.2, 0.25) is 0 Å². The van der Waals surface area contributed by atoms with Crippen molar-refractivity contribution < 1.29 is 19.1 Å². The van der Waals surface area contributed by atoms with E-state index in [1.807, 2.05) is 31.2 Å². The monoisotopic (exact) mass is 313 g/mol. The molecule has 2 rings (SSSR count). The number of hydrogen-bond donors (Lipinski definition) is 1. The second-order valence-electron chi connectivity index (χ2n) is 5.06. The Kier molecular flexibility index (Phi) is 5.74. The minimum Gasteiger partial charge on any atom is -0.489 e. The quantitative estimate of drug-likeness (QED) is 0.832. The van der Waals surface area contributed by atoms with Crippen molar-refractivity contribution in [1.29, 1.82) is 0 Å². The summed E-state index contributed by atoms with van der Waals surface area (Å²) in [5, 5.41) is 2.49. The Morgan fingerprint density at radius 1 is 1.09 bits per heavy atom. The molecule has 0 spiro atoms. The van der Waals surface area contributed by atoms with E-state index in [-0.39, 0.29) is 12.5 Å². The normalized spacial score (nSPS) is 10.0. The first-order valence-electron chi connectivity index (χ1n) is 7.22. The first kappa shape index (κ1) is 16.5. The maximum atomic E-state index is 12.0. The van der Waals surface area contributed by atoms with Gasteiger partial charge in [0.2, 0.25) is 0 Å². The zero-order chi connectivity index (χ0) is 16.7. The molecule has 1 amide bonds. The van der Waals surface area contributed by atoms with Gasteiger partial charge in [0.05, 0.1) is 7.11 Å². The van der Waals surface area contributed by atoms with Crippen LogP contribution in [-0.4, -0.2) is 25.5 Å². The summed E-state index contributed by atoms with van der Waals surface area (Å²) < 4.78 is 10.2. The molecule has 0 unspecified atom stereocenters. The lowest BCUT2D eigenvalue weighted by atomic mass is 10.1. The Bertz CT molecular complexity index is 697. The third-order valence-electron chi connectivity index (χ3n) is 3.21. The number of amides is 1. The molecule has 5 nitrogen and oxygen atoms in total. The molecule has 23 heavy (non-hydrogen) atoms. The number of esters is 1. The molecule has 0 saturated carbocycles. The lowest BCUT2D eigenvalue weighted by Crippen LogP contribution is -2.30. The maximum absolute atomic E-state index is 12.0. The lowest BCUT2D eigenvalue weighted by molar-refractivity contribution is -0.139. The molecule has 0 bridgehead atoms. The fourth-order valence-electron chi connectivity index (χ4n) is 2.02. The van der Waals surface area contributed by atoms with Gasteiger partial charge in [-0.15, -0.1) is 0 Å². The molecule has 0 heterocycles. The minimum atomic E-state index is -0.495. The van der Waals surface area contributed by atoms with Crippen LogP contribution in [0.4, 0.5) is 0 Å². The average molecular weight is 313 g/mol. The third kappa shape index (κ3) is 5.14. The van der Waals surface area contributed by atoms with Gasteiger partial charge in [0.25, 0.3) is 5.91 Å². The molecule has 0 aromatic heterocycles. The van der Waals surface area contributed by atoms with E-state index in [9.17, 15) is 9.59 Å². The summed E-state index contributed by atoms with van der Waals surface area (Å²) in [7, 11) is 1.27. The van der Waals surface area contributed by atoms with Crippen LogP contribution in [0.5, 0.6) is 5.75 Å². The average Bonchev–Trinajstić information content (AvgIpc) is 2.58. The minimum absolute atomic E-state index is 0.163. The second-order valence-corrected chi connectivity index (χ2v) is 5.06. The highest BCUT2D eigenvalue weighted by molar-refractivity contribution is 5.96. The fraction of sp³-hybridized carbons (Fsp3) is 0.222. The first-order chi connectivity index (χ1) is 11.1. The summed E-state index contributed by atoms with van der Waals surface area (Å²) in [5.41, 5.74) is 2.66. The number of ether oxygens (including phenoxy) is 2. The number of carbonyl (C=O) groups excluding carboxylic acids is 2. The standard InChI is InChI=1S/C18H19NO4/c1-13-5-3-6-14(9-13)12-23-16-8-4-7-15(10-16)18(21)19-11-17(20)22-2/h3-10H,11-12H2,1-2H3,(H,19,21). The van der Waals surface area contributed by atoms with E-state index in [1.165, 1.54) is 12.7 Å². The van der Waals surface area contributed by atoms with Gasteiger partial charge in [-0.25, -0.2) is 0 Å². The SMILES string of the molecule is COC(=O)CNC(=O)c1cccc(OCc2cccc(C)c2)c1. The first-order valence-corrected chi connectivity index (χ1v) is 7.22. The summed E-state index contributed by atoms with van der Waals surface area (Å²) >= 11 is 0. The zero-order valence-corrected chi connectivity index (χ0v) is 13.2. The molecule has 2 aromatic carbocycles. The van der Waals surface area contributed by atoms with Gasteiger partial charge in [0, 0.05) is 5.56 Å². The van der Waals surface area contributed by atoms with Gasteiger partial charge < -0.3 is 14.8 Å². The number of rotatable bonds is 6. The van der Waals surface area contributed by atoms with Crippen LogP contribution in [0, 0.1) is 6.92 Å². The molecular weight excluding hydrogens is 294 g/mol. The lowest BCUT2D eigenvalue weighted by Gasteiger charge is -2.09. The zero-order valence-electron chi connectivity index (χ0n) is 13.2. The molecule has 0 fully saturated rings. The molecule has 120 valence electrons. The van der Waals surface area contributed by atoms with E-state index < -0.39 is 5.97 Å². The van der Waals surface area contributed by atoms with E-state index in [2.05, 4.69) is 10.1 Å². The van der Waals surface area contributed by atoms with Crippen molar-refractivity contribution >= 4 is 11.9 Å². The van der Waals surface area contributed by atoms with E-state index in [0.29, 0.717) is 17.9 Å². The van der Waals surface area contributed by atoms with Gasteiger partial charge >= 0.3 is 5.97 Å². The summed E-state index contributed by atoms with van der Waals surface area (Å²) in [6, 6.07) is 14.9. The Balaban J connectivity index is 1.96. The van der Waals surface area contributed by atoms with Crippen LogP contribution in [0.1, 0.15) is 21.5 Å². The predicted octanol–water partition coefficient (Wildman–Crippen LogP) is 2.48. The van der Waals surface area contributed by atoms with Crippen molar-refractivity contribution in [3.8, 4) is 5.75 Å². The number of aryl methyl sites for hydroxylation is 1. The van der Waals surface area contributed by atoms with Crippen molar-refractivity contribution in [2.24, 2.45) is 0 Å².